The Morgan fingerprint density at radius 3 is 2.29 bits per heavy atom. The zero-order chi connectivity index (χ0) is 20.7. The highest BCUT2D eigenvalue weighted by molar-refractivity contribution is 5.87. The van der Waals surface area contributed by atoms with Crippen LogP contribution in [-0.4, -0.2) is 35.9 Å². The third kappa shape index (κ3) is 5.84. The Hall–Kier alpha value is -2.82. The number of amides is 2. The molecule has 0 heterocycles. The first-order valence-corrected chi connectivity index (χ1v) is 9.64. The fourth-order valence-electron chi connectivity index (χ4n) is 2.98. The van der Waals surface area contributed by atoms with E-state index in [0.717, 1.165) is 22.3 Å². The van der Waals surface area contributed by atoms with Crippen LogP contribution in [0.5, 0.6) is 5.75 Å². The van der Waals surface area contributed by atoms with Crippen molar-refractivity contribution < 1.29 is 14.3 Å². The Morgan fingerprint density at radius 1 is 1.04 bits per heavy atom. The van der Waals surface area contributed by atoms with Crippen LogP contribution in [0.25, 0.3) is 0 Å². The molecule has 5 nitrogen and oxygen atoms in total. The Labute approximate surface area is 167 Å². The minimum atomic E-state index is -0.587. The first-order valence-electron chi connectivity index (χ1n) is 9.64. The zero-order valence-corrected chi connectivity index (χ0v) is 17.4. The summed E-state index contributed by atoms with van der Waals surface area (Å²) >= 11 is 0. The van der Waals surface area contributed by atoms with Crippen LogP contribution >= 0.6 is 0 Å². The minimum Gasteiger partial charge on any atom is -0.483 e. The molecule has 1 N–H and O–H groups in total. The van der Waals surface area contributed by atoms with Crippen LogP contribution in [0.3, 0.4) is 0 Å². The maximum Gasteiger partial charge on any atom is 0.261 e. The van der Waals surface area contributed by atoms with Gasteiger partial charge in [-0.15, -0.1) is 0 Å². The number of hydrogen-bond acceptors (Lipinski definition) is 3. The van der Waals surface area contributed by atoms with Crippen LogP contribution in [0.4, 0.5) is 0 Å². The molecule has 2 rings (SSSR count). The van der Waals surface area contributed by atoms with Gasteiger partial charge in [0.15, 0.2) is 6.61 Å². The number of benzene rings is 2. The van der Waals surface area contributed by atoms with Crippen molar-refractivity contribution in [3.05, 3.63) is 64.7 Å². The van der Waals surface area contributed by atoms with Crippen molar-refractivity contribution >= 4 is 11.8 Å². The van der Waals surface area contributed by atoms with E-state index in [-0.39, 0.29) is 18.4 Å². The molecule has 2 amide bonds. The standard InChI is InChI=1S/C23H30N2O3/c1-6-24-23(27)19(5)25(14-20-10-7-16(2)8-11-20)22(26)15-28-21-12-9-17(3)13-18(21)4/h7-13,19H,6,14-15H2,1-5H3,(H,24,27). The molecule has 150 valence electrons. The molecule has 2 aromatic carbocycles. The van der Waals surface area contributed by atoms with Crippen molar-refractivity contribution in [3.63, 3.8) is 0 Å². The first kappa shape index (κ1) is 21.5. The van der Waals surface area contributed by atoms with Gasteiger partial charge in [-0.1, -0.05) is 47.5 Å². The first-order chi connectivity index (χ1) is 13.3. The summed E-state index contributed by atoms with van der Waals surface area (Å²) in [7, 11) is 0. The predicted molar refractivity (Wildman–Crippen MR) is 111 cm³/mol. The summed E-state index contributed by atoms with van der Waals surface area (Å²) in [6.07, 6.45) is 0. The van der Waals surface area contributed by atoms with Crippen LogP contribution in [-0.2, 0) is 16.1 Å². The van der Waals surface area contributed by atoms with E-state index in [0.29, 0.717) is 18.8 Å². The Bertz CT molecular complexity index is 815. The molecule has 0 bridgehead atoms. The number of carbonyl (C=O) groups is 2. The molecule has 0 spiro atoms. The molecule has 0 aliphatic rings. The molecule has 2 aromatic rings. The largest absolute Gasteiger partial charge is 0.483 e. The second-order valence-electron chi connectivity index (χ2n) is 7.14. The molecule has 0 saturated heterocycles. The molecule has 0 saturated carbocycles. The highest BCUT2D eigenvalue weighted by Crippen LogP contribution is 2.19. The van der Waals surface area contributed by atoms with Crippen molar-refractivity contribution in [2.24, 2.45) is 0 Å². The van der Waals surface area contributed by atoms with Crippen molar-refractivity contribution in [2.75, 3.05) is 13.2 Å². The van der Waals surface area contributed by atoms with Crippen LogP contribution in [0.1, 0.15) is 36.1 Å². The van der Waals surface area contributed by atoms with Gasteiger partial charge in [0.05, 0.1) is 0 Å². The van der Waals surface area contributed by atoms with E-state index >= 15 is 0 Å². The molecule has 1 unspecified atom stereocenters. The average molecular weight is 383 g/mol. The van der Waals surface area contributed by atoms with Crippen molar-refractivity contribution in [1.82, 2.24) is 10.2 Å². The number of nitrogens with one attached hydrogen (secondary N) is 1. The Morgan fingerprint density at radius 2 is 1.68 bits per heavy atom. The van der Waals surface area contributed by atoms with Gasteiger partial charge in [-0.3, -0.25) is 9.59 Å². The predicted octanol–water partition coefficient (Wildman–Crippen LogP) is 3.54. The van der Waals surface area contributed by atoms with E-state index in [1.807, 2.05) is 70.2 Å². The summed E-state index contributed by atoms with van der Waals surface area (Å²) in [4.78, 5) is 26.9. The van der Waals surface area contributed by atoms with E-state index in [1.54, 1.807) is 11.8 Å². The lowest BCUT2D eigenvalue weighted by molar-refractivity contribution is -0.142. The summed E-state index contributed by atoms with van der Waals surface area (Å²) in [6.45, 7) is 10.4. The van der Waals surface area contributed by atoms with Crippen LogP contribution in [0.2, 0.25) is 0 Å². The minimum absolute atomic E-state index is 0.112. The Balaban J connectivity index is 2.15. The molecule has 0 fully saturated rings. The fraction of sp³-hybridized carbons (Fsp3) is 0.391. The second-order valence-corrected chi connectivity index (χ2v) is 7.14. The van der Waals surface area contributed by atoms with E-state index in [2.05, 4.69) is 5.32 Å². The van der Waals surface area contributed by atoms with Gasteiger partial charge in [0, 0.05) is 13.1 Å². The van der Waals surface area contributed by atoms with Gasteiger partial charge in [0.2, 0.25) is 5.91 Å². The molecule has 0 aliphatic heterocycles. The number of nitrogens with zero attached hydrogens (tertiary/aromatic N) is 1. The molecule has 0 aromatic heterocycles. The van der Waals surface area contributed by atoms with Crippen molar-refractivity contribution in [3.8, 4) is 5.75 Å². The van der Waals surface area contributed by atoms with Crippen LogP contribution in [0, 0.1) is 20.8 Å². The highest BCUT2D eigenvalue weighted by Gasteiger charge is 2.26. The molecule has 5 heteroatoms. The lowest BCUT2D eigenvalue weighted by Gasteiger charge is -2.28. The number of hydrogen-bond donors (Lipinski definition) is 1. The lowest BCUT2D eigenvalue weighted by atomic mass is 10.1. The average Bonchev–Trinajstić information content (AvgIpc) is 2.66. The number of carbonyl (C=O) groups excluding carboxylic acids is 2. The van der Waals surface area contributed by atoms with Crippen molar-refractivity contribution in [2.45, 2.75) is 47.2 Å². The van der Waals surface area contributed by atoms with Gasteiger partial charge < -0.3 is 15.0 Å². The van der Waals surface area contributed by atoms with E-state index < -0.39 is 6.04 Å². The molecule has 1 atom stereocenters. The molecule has 0 aliphatic carbocycles. The summed E-state index contributed by atoms with van der Waals surface area (Å²) in [5, 5.41) is 2.79. The summed E-state index contributed by atoms with van der Waals surface area (Å²) < 4.78 is 5.76. The van der Waals surface area contributed by atoms with Crippen molar-refractivity contribution in [1.29, 1.82) is 0 Å². The SMILES string of the molecule is CCNC(=O)C(C)N(Cc1ccc(C)cc1)C(=O)COc1ccc(C)cc1C. The lowest BCUT2D eigenvalue weighted by Crippen LogP contribution is -2.49. The fourth-order valence-corrected chi connectivity index (χ4v) is 2.98. The topological polar surface area (TPSA) is 58.6 Å². The van der Waals surface area contributed by atoms with Gasteiger partial charge in [-0.25, -0.2) is 0 Å². The maximum absolute atomic E-state index is 12.9. The maximum atomic E-state index is 12.9. The van der Waals surface area contributed by atoms with Gasteiger partial charge in [0.25, 0.3) is 5.91 Å². The third-order valence-corrected chi connectivity index (χ3v) is 4.67. The van der Waals surface area contributed by atoms with Gasteiger partial charge in [-0.2, -0.15) is 0 Å². The summed E-state index contributed by atoms with van der Waals surface area (Å²) in [6, 6.07) is 13.2. The zero-order valence-electron chi connectivity index (χ0n) is 17.4. The van der Waals surface area contributed by atoms with Crippen LogP contribution < -0.4 is 10.1 Å². The molecule has 28 heavy (non-hydrogen) atoms. The highest BCUT2D eigenvalue weighted by atomic mass is 16.5. The smallest absolute Gasteiger partial charge is 0.261 e. The molecular weight excluding hydrogens is 352 g/mol. The Kier molecular flexibility index (Phi) is 7.61. The second kappa shape index (κ2) is 9.93. The van der Waals surface area contributed by atoms with E-state index in [4.69, 9.17) is 4.74 Å². The van der Waals surface area contributed by atoms with Crippen LogP contribution in [0.15, 0.2) is 42.5 Å². The van der Waals surface area contributed by atoms with E-state index in [1.165, 1.54) is 0 Å². The number of rotatable bonds is 8. The molecular formula is C23H30N2O3. The normalized spacial score (nSPS) is 11.6. The van der Waals surface area contributed by atoms with Gasteiger partial charge in [-0.05, 0) is 51.8 Å². The van der Waals surface area contributed by atoms with E-state index in [9.17, 15) is 9.59 Å². The third-order valence-electron chi connectivity index (χ3n) is 4.67. The molecule has 0 radical (unpaired) electrons. The monoisotopic (exact) mass is 382 g/mol. The number of ether oxygens (including phenoxy) is 1. The summed E-state index contributed by atoms with van der Waals surface area (Å²) in [5.41, 5.74) is 4.25. The van der Waals surface area contributed by atoms with Gasteiger partial charge in [0.1, 0.15) is 11.8 Å². The number of aryl methyl sites for hydroxylation is 3. The summed E-state index contributed by atoms with van der Waals surface area (Å²) in [5.74, 6) is 0.286. The quantitative estimate of drug-likeness (QED) is 0.760. The van der Waals surface area contributed by atoms with Gasteiger partial charge >= 0.3 is 0 Å². The number of likely N-dealkylation sites (N-methyl/N-ethyl adjacent to an activating group) is 1.